The van der Waals surface area contributed by atoms with E-state index in [9.17, 15) is 4.79 Å². The molecule has 0 bridgehead atoms. The molecule has 1 N–H and O–H groups in total. The smallest absolute Gasteiger partial charge is 0.341 e. The molecule has 0 amide bonds. The minimum atomic E-state index is -0.450. The van der Waals surface area contributed by atoms with Crippen LogP contribution in [0.4, 0.5) is 11.4 Å². The largest absolute Gasteiger partial charge is 0.497 e. The number of pyridine rings is 2. The molecular weight excluding hydrogens is 406 g/mol. The fraction of sp³-hybridized carbons (Fsp3) is 0.318. The second kappa shape index (κ2) is 10.6. The number of carbonyl (C=O) groups excluding carboxylic acids is 1. The number of anilines is 2. The monoisotopic (exact) mass is 431 g/mol. The second-order valence-electron chi connectivity index (χ2n) is 6.41. The van der Waals surface area contributed by atoms with Crippen LogP contribution >= 0.6 is 12.4 Å². The molecule has 30 heavy (non-hydrogen) atoms. The standard InChI is InChI=1S/C22H25N3O4.ClH/c1-5-11-29-19-12-17-20(25-15-7-9-16(27-4)10-8-15)18(22(26)28-6-2)13-23-21(17)24-14(19)3;/h7-10,12-13H,5-6,11H2,1-4H3,(H,23,24,25);1H. The Balaban J connectivity index is 0.00000320. The molecule has 0 saturated heterocycles. The Morgan fingerprint density at radius 3 is 2.53 bits per heavy atom. The molecule has 0 spiro atoms. The van der Waals surface area contributed by atoms with E-state index in [0.29, 0.717) is 34.6 Å². The van der Waals surface area contributed by atoms with Crippen LogP contribution in [0.15, 0.2) is 36.5 Å². The lowest BCUT2D eigenvalue weighted by molar-refractivity contribution is 0.0527. The molecule has 3 rings (SSSR count). The normalized spacial score (nSPS) is 10.3. The van der Waals surface area contributed by atoms with Crippen LogP contribution in [0.5, 0.6) is 11.5 Å². The molecule has 0 fully saturated rings. The van der Waals surface area contributed by atoms with Crippen LogP contribution in [0.2, 0.25) is 0 Å². The summed E-state index contributed by atoms with van der Waals surface area (Å²) in [5, 5.41) is 4.00. The van der Waals surface area contributed by atoms with Crippen LogP contribution in [-0.2, 0) is 4.74 Å². The first-order valence-corrected chi connectivity index (χ1v) is 9.58. The summed E-state index contributed by atoms with van der Waals surface area (Å²) in [7, 11) is 1.61. The molecule has 1 aromatic carbocycles. The molecular formula is C22H26ClN3O4. The van der Waals surface area contributed by atoms with Gasteiger partial charge >= 0.3 is 5.97 Å². The fourth-order valence-corrected chi connectivity index (χ4v) is 2.87. The Morgan fingerprint density at radius 2 is 1.90 bits per heavy atom. The zero-order valence-corrected chi connectivity index (χ0v) is 18.3. The number of nitrogens with one attached hydrogen (secondary N) is 1. The quantitative estimate of drug-likeness (QED) is 0.498. The number of carbonyl (C=O) groups is 1. The lowest BCUT2D eigenvalue weighted by atomic mass is 10.1. The molecule has 2 aromatic heterocycles. The van der Waals surface area contributed by atoms with Crippen molar-refractivity contribution in [3.63, 3.8) is 0 Å². The highest BCUT2D eigenvalue weighted by Crippen LogP contribution is 2.33. The van der Waals surface area contributed by atoms with Gasteiger partial charge in [-0.15, -0.1) is 12.4 Å². The Morgan fingerprint density at radius 1 is 1.17 bits per heavy atom. The van der Waals surface area contributed by atoms with E-state index < -0.39 is 5.97 Å². The SMILES string of the molecule is CCCOc1cc2c(Nc3ccc(OC)cc3)c(C(=O)OCC)cnc2nc1C.Cl. The highest BCUT2D eigenvalue weighted by atomic mass is 35.5. The first-order chi connectivity index (χ1) is 14.1. The van der Waals surface area contributed by atoms with Crippen molar-refractivity contribution in [1.29, 1.82) is 0 Å². The van der Waals surface area contributed by atoms with Gasteiger partial charge in [0.1, 0.15) is 17.1 Å². The molecule has 0 aliphatic carbocycles. The summed E-state index contributed by atoms with van der Waals surface area (Å²) in [4.78, 5) is 21.5. The molecule has 160 valence electrons. The lowest BCUT2D eigenvalue weighted by Crippen LogP contribution is -2.10. The zero-order chi connectivity index (χ0) is 20.8. The van der Waals surface area contributed by atoms with E-state index in [1.807, 2.05) is 44.2 Å². The maximum atomic E-state index is 12.5. The average molecular weight is 432 g/mol. The minimum absolute atomic E-state index is 0. The van der Waals surface area contributed by atoms with Gasteiger partial charge in [0.15, 0.2) is 5.65 Å². The molecule has 3 aromatic rings. The molecule has 0 aliphatic heterocycles. The number of aromatic nitrogens is 2. The van der Waals surface area contributed by atoms with Crippen LogP contribution < -0.4 is 14.8 Å². The van der Waals surface area contributed by atoms with Gasteiger partial charge in [-0.05, 0) is 50.6 Å². The van der Waals surface area contributed by atoms with Crippen molar-refractivity contribution in [2.45, 2.75) is 27.2 Å². The van der Waals surface area contributed by atoms with Crippen molar-refractivity contribution in [2.75, 3.05) is 25.6 Å². The van der Waals surface area contributed by atoms with E-state index in [0.717, 1.165) is 23.6 Å². The topological polar surface area (TPSA) is 82.6 Å². The van der Waals surface area contributed by atoms with Crippen molar-refractivity contribution in [2.24, 2.45) is 0 Å². The van der Waals surface area contributed by atoms with Crippen LogP contribution in [0, 0.1) is 6.92 Å². The van der Waals surface area contributed by atoms with Gasteiger partial charge < -0.3 is 19.5 Å². The predicted molar refractivity (Wildman–Crippen MR) is 120 cm³/mol. The van der Waals surface area contributed by atoms with Gasteiger partial charge in [0.05, 0.1) is 31.7 Å². The Labute approximate surface area is 182 Å². The summed E-state index contributed by atoms with van der Waals surface area (Å²) >= 11 is 0. The molecule has 2 heterocycles. The average Bonchev–Trinajstić information content (AvgIpc) is 2.73. The number of hydrogen-bond acceptors (Lipinski definition) is 7. The van der Waals surface area contributed by atoms with Gasteiger partial charge in [-0.3, -0.25) is 0 Å². The molecule has 8 heteroatoms. The van der Waals surface area contributed by atoms with Gasteiger partial charge in [-0.25, -0.2) is 14.8 Å². The van der Waals surface area contributed by atoms with Crippen LogP contribution in [0.25, 0.3) is 11.0 Å². The van der Waals surface area contributed by atoms with Gasteiger partial charge in [-0.2, -0.15) is 0 Å². The van der Waals surface area contributed by atoms with Crippen molar-refractivity contribution in [3.05, 3.63) is 47.8 Å². The Bertz CT molecular complexity index is 1010. The second-order valence-corrected chi connectivity index (χ2v) is 6.41. The zero-order valence-electron chi connectivity index (χ0n) is 17.5. The number of ether oxygens (including phenoxy) is 3. The van der Waals surface area contributed by atoms with Crippen molar-refractivity contribution >= 4 is 40.8 Å². The van der Waals surface area contributed by atoms with E-state index in [2.05, 4.69) is 15.3 Å². The number of halogens is 1. The number of fused-ring (bicyclic) bond motifs is 1. The van der Waals surface area contributed by atoms with Gasteiger partial charge in [0.2, 0.25) is 0 Å². The summed E-state index contributed by atoms with van der Waals surface area (Å²) < 4.78 is 16.3. The third-order valence-corrected chi connectivity index (χ3v) is 4.32. The van der Waals surface area contributed by atoms with Crippen LogP contribution in [0.1, 0.15) is 36.3 Å². The summed E-state index contributed by atoms with van der Waals surface area (Å²) in [5.74, 6) is 0.961. The maximum Gasteiger partial charge on any atom is 0.341 e. The highest BCUT2D eigenvalue weighted by Gasteiger charge is 2.19. The molecule has 7 nitrogen and oxygen atoms in total. The number of rotatable bonds is 8. The Kier molecular flexibility index (Phi) is 8.24. The van der Waals surface area contributed by atoms with E-state index in [4.69, 9.17) is 14.2 Å². The summed E-state index contributed by atoms with van der Waals surface area (Å²) in [6, 6.07) is 9.29. The fourth-order valence-electron chi connectivity index (χ4n) is 2.87. The van der Waals surface area contributed by atoms with Crippen molar-refractivity contribution in [1.82, 2.24) is 9.97 Å². The van der Waals surface area contributed by atoms with Gasteiger partial charge in [0.25, 0.3) is 0 Å². The summed E-state index contributed by atoms with van der Waals surface area (Å²) in [5.41, 5.74) is 2.98. The van der Waals surface area contributed by atoms with Crippen LogP contribution in [-0.4, -0.2) is 36.3 Å². The van der Waals surface area contributed by atoms with Crippen molar-refractivity contribution in [3.8, 4) is 11.5 Å². The number of aryl methyl sites for hydroxylation is 1. The van der Waals surface area contributed by atoms with E-state index in [1.165, 1.54) is 6.20 Å². The maximum absolute atomic E-state index is 12.5. The van der Waals surface area contributed by atoms with E-state index in [1.54, 1.807) is 14.0 Å². The van der Waals surface area contributed by atoms with Crippen molar-refractivity contribution < 1.29 is 19.0 Å². The number of benzene rings is 1. The third-order valence-electron chi connectivity index (χ3n) is 4.32. The van der Waals surface area contributed by atoms with Gasteiger partial charge in [-0.1, -0.05) is 6.92 Å². The highest BCUT2D eigenvalue weighted by molar-refractivity contribution is 6.05. The summed E-state index contributed by atoms with van der Waals surface area (Å²) in [6.07, 6.45) is 2.38. The number of hydrogen-bond donors (Lipinski definition) is 1. The number of methoxy groups -OCH3 is 1. The number of esters is 1. The molecule has 0 aliphatic rings. The third kappa shape index (κ3) is 5.10. The molecule has 0 atom stereocenters. The minimum Gasteiger partial charge on any atom is -0.497 e. The summed E-state index contributed by atoms with van der Waals surface area (Å²) in [6.45, 7) is 6.55. The molecule has 0 unspecified atom stereocenters. The molecule has 0 radical (unpaired) electrons. The first kappa shape index (κ1) is 23.2. The number of nitrogens with zero attached hydrogens (tertiary/aromatic N) is 2. The van der Waals surface area contributed by atoms with Gasteiger partial charge in [0, 0.05) is 17.3 Å². The predicted octanol–water partition coefficient (Wildman–Crippen LogP) is 5.08. The molecule has 0 saturated carbocycles. The van der Waals surface area contributed by atoms with E-state index >= 15 is 0 Å². The lowest BCUT2D eigenvalue weighted by Gasteiger charge is -2.16. The van der Waals surface area contributed by atoms with E-state index in [-0.39, 0.29) is 19.0 Å². The van der Waals surface area contributed by atoms with Crippen LogP contribution in [0.3, 0.4) is 0 Å². The first-order valence-electron chi connectivity index (χ1n) is 9.58. The Hall–Kier alpha value is -3.06.